The molecular formula is C17H18N4O3. The van der Waals surface area contributed by atoms with Gasteiger partial charge in [0.15, 0.2) is 0 Å². The van der Waals surface area contributed by atoms with Crippen LogP contribution in [0.3, 0.4) is 0 Å². The lowest BCUT2D eigenvalue weighted by Crippen LogP contribution is -2.01. The van der Waals surface area contributed by atoms with E-state index in [9.17, 15) is 10.1 Å². The number of H-pyrrole nitrogens is 1. The third-order valence-corrected chi connectivity index (χ3v) is 3.63. The Morgan fingerprint density at radius 1 is 1.21 bits per heavy atom. The minimum absolute atomic E-state index is 0.0441. The van der Waals surface area contributed by atoms with Crippen molar-refractivity contribution in [3.63, 3.8) is 0 Å². The molecule has 3 aromatic rings. The van der Waals surface area contributed by atoms with Crippen LogP contribution in [0.1, 0.15) is 18.1 Å². The van der Waals surface area contributed by atoms with Gasteiger partial charge in [-0.05, 0) is 24.1 Å². The van der Waals surface area contributed by atoms with Gasteiger partial charge < -0.3 is 15.0 Å². The van der Waals surface area contributed by atoms with Gasteiger partial charge in [0.2, 0.25) is 5.95 Å². The molecule has 0 aliphatic carbocycles. The Morgan fingerprint density at radius 2 is 1.96 bits per heavy atom. The lowest BCUT2D eigenvalue weighted by Gasteiger charge is -2.05. The number of nitrogens with zero attached hydrogens (tertiary/aromatic N) is 2. The molecule has 0 aliphatic heterocycles. The lowest BCUT2D eigenvalue weighted by atomic mass is 10.1. The summed E-state index contributed by atoms with van der Waals surface area (Å²) in [5.41, 5.74) is 3.62. The number of aromatic nitrogens is 2. The van der Waals surface area contributed by atoms with E-state index in [-0.39, 0.29) is 5.69 Å². The number of nitro groups is 1. The van der Waals surface area contributed by atoms with Crippen LogP contribution >= 0.6 is 0 Å². The molecule has 0 amide bonds. The summed E-state index contributed by atoms with van der Waals surface area (Å²) < 4.78 is 5.37. The molecule has 2 N–H and O–H groups in total. The topological polar surface area (TPSA) is 93.1 Å². The summed E-state index contributed by atoms with van der Waals surface area (Å²) in [5, 5.41) is 14.0. The van der Waals surface area contributed by atoms with Crippen LogP contribution in [0.4, 0.5) is 11.6 Å². The fourth-order valence-electron chi connectivity index (χ4n) is 2.35. The second kappa shape index (κ2) is 7.10. The fourth-order valence-corrected chi connectivity index (χ4v) is 2.35. The molecule has 124 valence electrons. The van der Waals surface area contributed by atoms with Crippen molar-refractivity contribution in [2.75, 3.05) is 11.9 Å². The van der Waals surface area contributed by atoms with Crippen molar-refractivity contribution in [3.8, 4) is 0 Å². The van der Waals surface area contributed by atoms with Crippen molar-refractivity contribution in [3.05, 3.63) is 63.7 Å². The number of nitro benzene ring substituents is 1. The molecule has 0 radical (unpaired) electrons. The predicted octanol–water partition coefficient (Wildman–Crippen LogP) is 3.62. The zero-order valence-electron chi connectivity index (χ0n) is 13.3. The first kappa shape index (κ1) is 15.9. The molecule has 7 heteroatoms. The number of aromatic amines is 1. The van der Waals surface area contributed by atoms with E-state index in [1.807, 2.05) is 31.2 Å². The molecule has 7 nitrogen and oxygen atoms in total. The molecule has 3 rings (SSSR count). The highest BCUT2D eigenvalue weighted by molar-refractivity contribution is 5.79. The van der Waals surface area contributed by atoms with Gasteiger partial charge in [0, 0.05) is 25.3 Å². The van der Waals surface area contributed by atoms with Crippen LogP contribution in [0.2, 0.25) is 0 Å². The third kappa shape index (κ3) is 3.69. The molecule has 0 aliphatic rings. The largest absolute Gasteiger partial charge is 0.377 e. The second-order valence-electron chi connectivity index (χ2n) is 5.35. The van der Waals surface area contributed by atoms with Crippen molar-refractivity contribution in [2.24, 2.45) is 0 Å². The molecular weight excluding hydrogens is 308 g/mol. The van der Waals surface area contributed by atoms with E-state index in [2.05, 4.69) is 15.3 Å². The number of hydrogen-bond donors (Lipinski definition) is 2. The summed E-state index contributed by atoms with van der Waals surface area (Å²) in [6.45, 7) is 3.90. The molecule has 0 fully saturated rings. The average molecular weight is 326 g/mol. The van der Waals surface area contributed by atoms with Crippen LogP contribution in [0, 0.1) is 10.1 Å². The highest BCUT2D eigenvalue weighted by Crippen LogP contribution is 2.20. The first-order chi connectivity index (χ1) is 11.7. The summed E-state index contributed by atoms with van der Waals surface area (Å²) in [7, 11) is 0. The van der Waals surface area contributed by atoms with E-state index in [1.54, 1.807) is 6.07 Å². The first-order valence-electron chi connectivity index (χ1n) is 7.69. The molecule has 0 bridgehead atoms. The van der Waals surface area contributed by atoms with Crippen molar-refractivity contribution in [2.45, 2.75) is 20.1 Å². The Morgan fingerprint density at radius 3 is 2.67 bits per heavy atom. The number of rotatable bonds is 7. The van der Waals surface area contributed by atoms with Gasteiger partial charge in [0.05, 0.1) is 22.6 Å². The van der Waals surface area contributed by atoms with Crippen LogP contribution in [0.25, 0.3) is 11.0 Å². The van der Waals surface area contributed by atoms with Crippen molar-refractivity contribution < 1.29 is 9.66 Å². The maximum Gasteiger partial charge on any atom is 0.271 e. The first-order valence-corrected chi connectivity index (χ1v) is 7.69. The summed E-state index contributed by atoms with van der Waals surface area (Å²) >= 11 is 0. The number of anilines is 1. The van der Waals surface area contributed by atoms with Crippen LogP contribution in [0.15, 0.2) is 42.5 Å². The number of nitrogens with one attached hydrogen (secondary N) is 2. The average Bonchev–Trinajstić information content (AvgIpc) is 3.01. The molecule has 0 saturated heterocycles. The van der Waals surface area contributed by atoms with Gasteiger partial charge in [0.25, 0.3) is 5.69 Å². The van der Waals surface area contributed by atoms with Gasteiger partial charge in [0.1, 0.15) is 0 Å². The van der Waals surface area contributed by atoms with E-state index in [4.69, 9.17) is 4.74 Å². The number of non-ortho nitro benzene ring substituents is 1. The Balaban J connectivity index is 1.65. The Bertz CT molecular complexity index is 843. The molecule has 0 unspecified atom stereocenters. The summed E-state index contributed by atoms with van der Waals surface area (Å²) in [6.07, 6.45) is 0. The van der Waals surface area contributed by atoms with E-state index < -0.39 is 4.92 Å². The van der Waals surface area contributed by atoms with Crippen LogP contribution in [-0.4, -0.2) is 21.5 Å². The minimum atomic E-state index is -0.419. The van der Waals surface area contributed by atoms with E-state index in [0.29, 0.717) is 36.7 Å². The smallest absolute Gasteiger partial charge is 0.271 e. The summed E-state index contributed by atoms with van der Waals surface area (Å²) in [4.78, 5) is 17.8. The molecule has 2 aromatic carbocycles. The quantitative estimate of drug-likeness (QED) is 0.511. The number of ether oxygens (including phenoxy) is 1. The highest BCUT2D eigenvalue weighted by atomic mass is 16.6. The number of hydrogen-bond acceptors (Lipinski definition) is 5. The molecule has 1 aromatic heterocycles. The normalized spacial score (nSPS) is 10.9. The van der Waals surface area contributed by atoms with Crippen LogP contribution < -0.4 is 5.32 Å². The monoisotopic (exact) mass is 326 g/mol. The van der Waals surface area contributed by atoms with E-state index in [0.717, 1.165) is 11.1 Å². The van der Waals surface area contributed by atoms with Gasteiger partial charge in [-0.3, -0.25) is 10.1 Å². The molecule has 0 spiro atoms. The van der Waals surface area contributed by atoms with Gasteiger partial charge in [-0.1, -0.05) is 24.3 Å². The Labute approximate surface area is 138 Å². The van der Waals surface area contributed by atoms with Gasteiger partial charge in [-0.2, -0.15) is 0 Å². The standard InChI is InChI=1S/C17H18N4O3/c1-2-24-11-13-5-3-12(4-6-13)10-18-17-19-15-8-7-14(21(22)23)9-16(15)20-17/h3-9H,2,10-11H2,1H3,(H2,18,19,20). The highest BCUT2D eigenvalue weighted by Gasteiger charge is 2.09. The maximum atomic E-state index is 10.8. The zero-order valence-corrected chi connectivity index (χ0v) is 13.3. The van der Waals surface area contributed by atoms with Gasteiger partial charge >= 0.3 is 0 Å². The third-order valence-electron chi connectivity index (χ3n) is 3.63. The maximum absolute atomic E-state index is 10.8. The minimum Gasteiger partial charge on any atom is -0.377 e. The molecule has 0 saturated carbocycles. The summed E-state index contributed by atoms with van der Waals surface area (Å²) in [6, 6.07) is 12.7. The van der Waals surface area contributed by atoms with Gasteiger partial charge in [-0.15, -0.1) is 0 Å². The van der Waals surface area contributed by atoms with Gasteiger partial charge in [-0.25, -0.2) is 4.98 Å². The van der Waals surface area contributed by atoms with Crippen LogP contribution in [-0.2, 0) is 17.9 Å². The number of fused-ring (bicyclic) bond motifs is 1. The summed E-state index contributed by atoms with van der Waals surface area (Å²) in [5.74, 6) is 0.587. The van der Waals surface area contributed by atoms with Crippen molar-refractivity contribution in [1.82, 2.24) is 9.97 Å². The second-order valence-corrected chi connectivity index (χ2v) is 5.35. The molecule has 0 atom stereocenters. The van der Waals surface area contributed by atoms with Crippen molar-refractivity contribution in [1.29, 1.82) is 0 Å². The van der Waals surface area contributed by atoms with E-state index in [1.165, 1.54) is 12.1 Å². The lowest BCUT2D eigenvalue weighted by molar-refractivity contribution is -0.384. The van der Waals surface area contributed by atoms with E-state index >= 15 is 0 Å². The number of imidazole rings is 1. The predicted molar refractivity (Wildman–Crippen MR) is 91.8 cm³/mol. The van der Waals surface area contributed by atoms with Crippen LogP contribution in [0.5, 0.6) is 0 Å². The Kier molecular flexibility index (Phi) is 4.72. The fraction of sp³-hybridized carbons (Fsp3) is 0.235. The molecule has 1 heterocycles. The number of benzene rings is 2. The Hall–Kier alpha value is -2.93. The van der Waals surface area contributed by atoms with Crippen molar-refractivity contribution >= 4 is 22.7 Å². The molecule has 24 heavy (non-hydrogen) atoms. The SMILES string of the molecule is CCOCc1ccc(CNc2nc3ccc([N+](=O)[O-])cc3[nH]2)cc1. The zero-order chi connectivity index (χ0) is 16.9.